The third kappa shape index (κ3) is 4.74. The summed E-state index contributed by atoms with van der Waals surface area (Å²) in [7, 11) is 1.49. The Labute approximate surface area is 222 Å². The molecule has 1 saturated carbocycles. The van der Waals surface area contributed by atoms with E-state index in [1.165, 1.54) is 23.8 Å². The van der Waals surface area contributed by atoms with Crippen molar-refractivity contribution in [3.8, 4) is 6.07 Å². The molecule has 2 N–H and O–H groups in total. The topological polar surface area (TPSA) is 123 Å². The van der Waals surface area contributed by atoms with E-state index in [0.29, 0.717) is 24.9 Å². The minimum absolute atomic E-state index is 0.0280. The van der Waals surface area contributed by atoms with Crippen LogP contribution in [0.1, 0.15) is 64.9 Å². The molecule has 0 aromatic heterocycles. The smallest absolute Gasteiger partial charge is 0.258 e. The molecule has 4 atom stereocenters. The number of amides is 4. The standard InChI is InChI=1S/C28H36FN5O4/c1-17(2)13-22(33(4)23(35)18(3)31-26(38)28(29)11-7-8-12-28)24(36)34-16-27(14-19(34)15-30)20-9-5-6-10-21(20)32-25(27)37/h5-6,9-10,17-19,22H,7-8,11-14,16H2,1-4H3,(H,31,38)(H,32,37)/t18-,19-,22-,27-/m0/s1. The van der Waals surface area contributed by atoms with Crippen molar-refractivity contribution in [1.29, 1.82) is 5.26 Å². The number of hydrogen-bond acceptors (Lipinski definition) is 5. The minimum Gasteiger partial charge on any atom is -0.342 e. The fourth-order valence-electron chi connectivity index (χ4n) is 6.06. The molecule has 1 saturated heterocycles. The van der Waals surface area contributed by atoms with Gasteiger partial charge in [-0.3, -0.25) is 19.2 Å². The number of alkyl halides is 1. The van der Waals surface area contributed by atoms with Crippen LogP contribution in [0.3, 0.4) is 0 Å². The molecular formula is C28H36FN5O4. The van der Waals surface area contributed by atoms with E-state index in [1.807, 2.05) is 32.0 Å². The van der Waals surface area contributed by atoms with Gasteiger partial charge in [-0.25, -0.2) is 4.39 Å². The van der Waals surface area contributed by atoms with Crippen LogP contribution in [-0.4, -0.2) is 70.8 Å². The number of halogens is 1. The summed E-state index contributed by atoms with van der Waals surface area (Å²) in [6.45, 7) is 5.35. The Balaban J connectivity index is 1.55. The first-order valence-electron chi connectivity index (χ1n) is 13.3. The van der Waals surface area contributed by atoms with E-state index in [0.717, 1.165) is 5.56 Å². The molecule has 204 valence electrons. The Kier molecular flexibility index (Phi) is 7.51. The summed E-state index contributed by atoms with van der Waals surface area (Å²) in [5.74, 6) is -1.96. The van der Waals surface area contributed by atoms with Gasteiger partial charge in [-0.2, -0.15) is 5.26 Å². The molecule has 3 aliphatic rings. The lowest BCUT2D eigenvalue weighted by molar-refractivity contribution is -0.147. The lowest BCUT2D eigenvalue weighted by atomic mass is 9.80. The molecule has 1 aromatic rings. The molecule has 10 heteroatoms. The van der Waals surface area contributed by atoms with Crippen LogP contribution in [0, 0.1) is 17.2 Å². The number of para-hydroxylation sites is 1. The van der Waals surface area contributed by atoms with Crippen molar-refractivity contribution in [2.75, 3.05) is 18.9 Å². The van der Waals surface area contributed by atoms with E-state index in [4.69, 9.17) is 0 Å². The molecule has 38 heavy (non-hydrogen) atoms. The lowest BCUT2D eigenvalue weighted by Gasteiger charge is -2.35. The van der Waals surface area contributed by atoms with E-state index in [9.17, 15) is 28.8 Å². The number of hydrogen-bond donors (Lipinski definition) is 2. The van der Waals surface area contributed by atoms with E-state index < -0.39 is 46.9 Å². The molecule has 0 radical (unpaired) electrons. The van der Waals surface area contributed by atoms with Crippen LogP contribution >= 0.6 is 0 Å². The number of rotatable bonds is 7. The molecule has 9 nitrogen and oxygen atoms in total. The van der Waals surface area contributed by atoms with Crippen molar-refractivity contribution in [1.82, 2.24) is 15.1 Å². The van der Waals surface area contributed by atoms with Gasteiger partial charge in [-0.05, 0) is 56.6 Å². The average molecular weight is 526 g/mol. The highest BCUT2D eigenvalue weighted by atomic mass is 19.1. The Hall–Kier alpha value is -3.48. The van der Waals surface area contributed by atoms with Gasteiger partial charge in [0, 0.05) is 25.7 Å². The number of nitriles is 1. The molecule has 0 bridgehead atoms. The molecular weight excluding hydrogens is 489 g/mol. The van der Waals surface area contributed by atoms with Gasteiger partial charge in [-0.15, -0.1) is 0 Å². The summed E-state index contributed by atoms with van der Waals surface area (Å²) in [6, 6.07) is 6.65. The normalized spacial score (nSPS) is 25.0. The lowest BCUT2D eigenvalue weighted by Crippen LogP contribution is -2.57. The zero-order valence-electron chi connectivity index (χ0n) is 22.4. The van der Waals surface area contributed by atoms with Crippen LogP contribution in [0.2, 0.25) is 0 Å². The second-order valence-electron chi connectivity index (χ2n) is 11.4. The number of carbonyl (C=O) groups excluding carboxylic acids is 4. The van der Waals surface area contributed by atoms with Gasteiger partial charge in [0.1, 0.15) is 18.1 Å². The maximum absolute atomic E-state index is 14.9. The van der Waals surface area contributed by atoms with Crippen LogP contribution in [0.25, 0.3) is 0 Å². The highest BCUT2D eigenvalue weighted by Crippen LogP contribution is 2.46. The number of carbonyl (C=O) groups is 4. The number of likely N-dealkylation sites (tertiary alicyclic amines) is 1. The Morgan fingerprint density at radius 2 is 1.89 bits per heavy atom. The van der Waals surface area contributed by atoms with Gasteiger partial charge in [-0.1, -0.05) is 32.0 Å². The minimum atomic E-state index is -1.97. The molecule has 2 fully saturated rings. The molecule has 0 unspecified atom stereocenters. The van der Waals surface area contributed by atoms with Crippen molar-refractivity contribution in [3.63, 3.8) is 0 Å². The number of anilines is 1. The average Bonchev–Trinajstić information content (AvgIpc) is 3.58. The molecule has 1 aliphatic carbocycles. The second kappa shape index (κ2) is 10.4. The molecule has 2 aliphatic heterocycles. The summed E-state index contributed by atoms with van der Waals surface area (Å²) in [5.41, 5.74) is -1.57. The van der Waals surface area contributed by atoms with E-state index in [1.54, 1.807) is 6.07 Å². The van der Waals surface area contributed by atoms with Crippen molar-refractivity contribution in [2.24, 2.45) is 5.92 Å². The number of nitrogens with zero attached hydrogens (tertiary/aromatic N) is 3. The van der Waals surface area contributed by atoms with Crippen LogP contribution in [0.4, 0.5) is 10.1 Å². The first-order valence-corrected chi connectivity index (χ1v) is 13.3. The van der Waals surface area contributed by atoms with Gasteiger partial charge in [0.05, 0.1) is 11.5 Å². The second-order valence-corrected chi connectivity index (χ2v) is 11.4. The van der Waals surface area contributed by atoms with E-state index in [-0.39, 0.29) is 37.6 Å². The molecule has 1 aromatic carbocycles. The summed E-state index contributed by atoms with van der Waals surface area (Å²) in [4.78, 5) is 55.7. The summed E-state index contributed by atoms with van der Waals surface area (Å²) < 4.78 is 14.9. The Morgan fingerprint density at radius 3 is 2.53 bits per heavy atom. The Morgan fingerprint density at radius 1 is 1.24 bits per heavy atom. The fraction of sp³-hybridized carbons (Fsp3) is 0.607. The highest BCUT2D eigenvalue weighted by Gasteiger charge is 2.56. The number of likely N-dealkylation sites (N-methyl/N-ethyl adjacent to an activating group) is 1. The zero-order valence-corrected chi connectivity index (χ0v) is 22.4. The predicted octanol–water partition coefficient (Wildman–Crippen LogP) is 2.66. The first kappa shape index (κ1) is 27.6. The van der Waals surface area contributed by atoms with Crippen LogP contribution in [0.5, 0.6) is 0 Å². The SMILES string of the molecule is CC(C)C[C@@H](C(=O)N1C[C@]2(C[C@H]1C#N)C(=O)Nc1ccccc12)N(C)C(=O)[C@H](C)NC(=O)C1(F)CCCC1. The fourth-order valence-corrected chi connectivity index (χ4v) is 6.06. The number of nitrogens with one attached hydrogen (secondary N) is 2. The third-order valence-electron chi connectivity index (χ3n) is 8.23. The quantitative estimate of drug-likeness (QED) is 0.567. The third-order valence-corrected chi connectivity index (χ3v) is 8.23. The van der Waals surface area contributed by atoms with Crippen molar-refractivity contribution < 1.29 is 23.6 Å². The van der Waals surface area contributed by atoms with Crippen molar-refractivity contribution >= 4 is 29.3 Å². The molecule has 1 spiro atoms. The van der Waals surface area contributed by atoms with Gasteiger partial charge in [0.15, 0.2) is 5.67 Å². The van der Waals surface area contributed by atoms with E-state index >= 15 is 0 Å². The maximum atomic E-state index is 14.9. The Bertz CT molecular complexity index is 1170. The molecule has 4 rings (SSSR count). The van der Waals surface area contributed by atoms with Crippen LogP contribution in [0.15, 0.2) is 24.3 Å². The molecule has 2 heterocycles. The van der Waals surface area contributed by atoms with Crippen molar-refractivity contribution in [3.05, 3.63) is 29.8 Å². The zero-order chi connectivity index (χ0) is 27.8. The monoisotopic (exact) mass is 525 g/mol. The summed E-state index contributed by atoms with van der Waals surface area (Å²) >= 11 is 0. The number of benzene rings is 1. The summed E-state index contributed by atoms with van der Waals surface area (Å²) in [5, 5.41) is 15.3. The van der Waals surface area contributed by atoms with Gasteiger partial charge in [0.2, 0.25) is 17.7 Å². The van der Waals surface area contributed by atoms with Gasteiger partial charge in [0.25, 0.3) is 5.91 Å². The van der Waals surface area contributed by atoms with Gasteiger partial charge >= 0.3 is 0 Å². The molecule has 4 amide bonds. The predicted molar refractivity (Wildman–Crippen MR) is 138 cm³/mol. The van der Waals surface area contributed by atoms with Crippen LogP contribution < -0.4 is 10.6 Å². The number of fused-ring (bicyclic) bond motifs is 2. The summed E-state index contributed by atoms with van der Waals surface area (Å²) in [6.07, 6.45) is 1.99. The first-order chi connectivity index (χ1) is 17.9. The maximum Gasteiger partial charge on any atom is 0.258 e. The highest BCUT2D eigenvalue weighted by molar-refractivity contribution is 6.07. The van der Waals surface area contributed by atoms with Gasteiger partial charge < -0.3 is 20.4 Å². The van der Waals surface area contributed by atoms with E-state index in [2.05, 4.69) is 16.7 Å². The van der Waals surface area contributed by atoms with Crippen molar-refractivity contribution in [2.45, 2.75) is 88.5 Å². The van der Waals surface area contributed by atoms with Crippen LogP contribution in [-0.2, 0) is 24.6 Å². The largest absolute Gasteiger partial charge is 0.342 e.